The molecule has 4 heterocycles. The number of fused-ring (bicyclic) bond motifs is 2. The number of nitrogens with one attached hydrogen (secondary N) is 2. The molecule has 13 heteroatoms. The number of ether oxygens (including phenoxy) is 2. The van der Waals surface area contributed by atoms with E-state index in [1.807, 2.05) is 23.1 Å². The molecule has 3 aromatic heterocycles. The van der Waals surface area contributed by atoms with E-state index in [0.717, 1.165) is 5.52 Å². The molecule has 10 nitrogen and oxygen atoms in total. The van der Waals surface area contributed by atoms with E-state index in [1.165, 1.54) is 10.7 Å². The van der Waals surface area contributed by atoms with Gasteiger partial charge in [0.15, 0.2) is 5.65 Å². The van der Waals surface area contributed by atoms with Gasteiger partial charge >= 0.3 is 6.18 Å². The lowest BCUT2D eigenvalue weighted by Crippen LogP contribution is -2.37. The zero-order chi connectivity index (χ0) is 23.0. The SMILES string of the molecule is COc1cccc2[nH]c(CNc3nc(N4CCOCC4)nc4c(CC(F)(F)F)cnn34)nc12. The summed E-state index contributed by atoms with van der Waals surface area (Å²) in [7, 11) is 1.57. The number of anilines is 2. The average molecular weight is 462 g/mol. The van der Waals surface area contributed by atoms with Crippen LogP contribution in [-0.2, 0) is 17.7 Å². The number of aromatic amines is 1. The molecule has 1 aromatic carbocycles. The largest absolute Gasteiger partial charge is 0.494 e. The summed E-state index contributed by atoms with van der Waals surface area (Å²) in [6.07, 6.45) is -4.33. The van der Waals surface area contributed by atoms with Gasteiger partial charge in [0.05, 0.1) is 45.0 Å². The van der Waals surface area contributed by atoms with E-state index in [2.05, 4.69) is 30.4 Å². The molecule has 1 fully saturated rings. The van der Waals surface area contributed by atoms with Gasteiger partial charge in [-0.2, -0.15) is 32.8 Å². The molecule has 2 N–H and O–H groups in total. The lowest BCUT2D eigenvalue weighted by Gasteiger charge is -2.27. The van der Waals surface area contributed by atoms with Crippen molar-refractivity contribution < 1.29 is 22.6 Å². The molecule has 0 atom stereocenters. The van der Waals surface area contributed by atoms with Gasteiger partial charge in [0.2, 0.25) is 11.9 Å². The zero-order valence-corrected chi connectivity index (χ0v) is 17.7. The first-order valence-electron chi connectivity index (χ1n) is 10.3. The Hall–Kier alpha value is -3.61. The lowest BCUT2D eigenvalue weighted by atomic mass is 10.2. The fourth-order valence-electron chi connectivity index (χ4n) is 3.74. The van der Waals surface area contributed by atoms with Crippen LogP contribution < -0.4 is 15.0 Å². The molecule has 1 aliphatic heterocycles. The summed E-state index contributed by atoms with van der Waals surface area (Å²) in [6, 6.07) is 5.55. The molecular weight excluding hydrogens is 441 g/mol. The standard InChI is InChI=1S/C20H21F3N8O2/c1-32-14-4-2-3-13-16(14)27-15(26-13)11-24-18-29-19(30-5-7-33-8-6-30)28-17-12(9-20(21,22)23)10-25-31(17)18/h2-4,10H,5-9,11H2,1H3,(H,26,27)(H,24,28,29). The molecule has 0 spiro atoms. The van der Waals surface area contributed by atoms with Gasteiger partial charge in [-0.25, -0.2) is 4.98 Å². The third kappa shape index (κ3) is 4.35. The number of morpholine rings is 1. The Morgan fingerprint density at radius 1 is 1.18 bits per heavy atom. The van der Waals surface area contributed by atoms with E-state index in [-0.39, 0.29) is 23.7 Å². The molecule has 0 aliphatic carbocycles. The molecule has 0 saturated carbocycles. The number of imidazole rings is 1. The predicted octanol–water partition coefficient (Wildman–Crippen LogP) is 2.56. The number of rotatable bonds is 6. The maximum absolute atomic E-state index is 13.1. The van der Waals surface area contributed by atoms with E-state index in [4.69, 9.17) is 9.47 Å². The highest BCUT2D eigenvalue weighted by Crippen LogP contribution is 2.26. The molecule has 1 saturated heterocycles. The van der Waals surface area contributed by atoms with Gasteiger partial charge in [0, 0.05) is 18.7 Å². The molecule has 33 heavy (non-hydrogen) atoms. The number of halogens is 3. The van der Waals surface area contributed by atoms with Crippen molar-refractivity contribution in [3.05, 3.63) is 35.8 Å². The van der Waals surface area contributed by atoms with Gasteiger partial charge in [-0.05, 0) is 12.1 Å². The molecule has 0 unspecified atom stereocenters. The Labute approximate surface area is 185 Å². The second-order valence-corrected chi connectivity index (χ2v) is 7.54. The summed E-state index contributed by atoms with van der Waals surface area (Å²) >= 11 is 0. The average Bonchev–Trinajstić information content (AvgIpc) is 3.40. The highest BCUT2D eigenvalue weighted by atomic mass is 19.4. The number of methoxy groups -OCH3 is 1. The number of nitrogens with zero attached hydrogens (tertiary/aromatic N) is 6. The topological polar surface area (TPSA) is 105 Å². The Balaban J connectivity index is 1.49. The third-order valence-electron chi connectivity index (χ3n) is 5.27. The Kier molecular flexibility index (Phi) is 5.40. The number of benzene rings is 1. The van der Waals surface area contributed by atoms with E-state index < -0.39 is 12.6 Å². The van der Waals surface area contributed by atoms with Crippen molar-refractivity contribution >= 4 is 28.6 Å². The van der Waals surface area contributed by atoms with Crippen molar-refractivity contribution in [2.24, 2.45) is 0 Å². The molecule has 0 radical (unpaired) electrons. The van der Waals surface area contributed by atoms with Crippen LogP contribution in [0, 0.1) is 0 Å². The van der Waals surface area contributed by atoms with Crippen LogP contribution in [0.4, 0.5) is 25.1 Å². The third-order valence-corrected chi connectivity index (χ3v) is 5.27. The number of aromatic nitrogens is 6. The quantitative estimate of drug-likeness (QED) is 0.451. The van der Waals surface area contributed by atoms with Crippen molar-refractivity contribution in [3.8, 4) is 5.75 Å². The van der Waals surface area contributed by atoms with Gasteiger partial charge in [-0.3, -0.25) is 0 Å². The summed E-state index contributed by atoms with van der Waals surface area (Å²) in [5.41, 5.74) is 1.58. The first-order valence-corrected chi connectivity index (χ1v) is 10.3. The van der Waals surface area contributed by atoms with E-state index >= 15 is 0 Å². The molecule has 1 aliphatic rings. The second-order valence-electron chi connectivity index (χ2n) is 7.54. The second kappa shape index (κ2) is 8.39. The van der Waals surface area contributed by atoms with Gasteiger partial charge in [-0.15, -0.1) is 0 Å². The predicted molar refractivity (Wildman–Crippen MR) is 114 cm³/mol. The van der Waals surface area contributed by atoms with Crippen molar-refractivity contribution in [2.45, 2.75) is 19.1 Å². The normalized spacial score (nSPS) is 14.8. The van der Waals surface area contributed by atoms with Crippen LogP contribution in [0.2, 0.25) is 0 Å². The molecule has 0 bridgehead atoms. The fourth-order valence-corrected chi connectivity index (χ4v) is 3.74. The van der Waals surface area contributed by atoms with Crippen molar-refractivity contribution in [1.29, 1.82) is 0 Å². The maximum Gasteiger partial charge on any atom is 0.393 e. The highest BCUT2D eigenvalue weighted by Gasteiger charge is 2.30. The molecule has 0 amide bonds. The van der Waals surface area contributed by atoms with Gasteiger partial charge in [0.25, 0.3) is 0 Å². The van der Waals surface area contributed by atoms with Crippen LogP contribution in [0.15, 0.2) is 24.4 Å². The summed E-state index contributed by atoms with van der Waals surface area (Å²) in [5, 5.41) is 7.24. The van der Waals surface area contributed by atoms with Crippen LogP contribution in [-0.4, -0.2) is 69.1 Å². The van der Waals surface area contributed by atoms with Crippen LogP contribution >= 0.6 is 0 Å². The van der Waals surface area contributed by atoms with Crippen LogP contribution in [0.25, 0.3) is 16.7 Å². The number of hydrogen-bond acceptors (Lipinski definition) is 8. The van der Waals surface area contributed by atoms with Crippen LogP contribution in [0.5, 0.6) is 5.75 Å². The number of para-hydroxylation sites is 1. The summed E-state index contributed by atoms with van der Waals surface area (Å²) in [5.74, 6) is 1.83. The molecule has 174 valence electrons. The monoisotopic (exact) mass is 462 g/mol. The van der Waals surface area contributed by atoms with Crippen molar-refractivity contribution in [3.63, 3.8) is 0 Å². The smallest absolute Gasteiger partial charge is 0.393 e. The molecule has 4 aromatic rings. The number of hydrogen-bond donors (Lipinski definition) is 2. The minimum Gasteiger partial charge on any atom is -0.494 e. The zero-order valence-electron chi connectivity index (χ0n) is 17.7. The molecule has 5 rings (SSSR count). The van der Waals surface area contributed by atoms with Crippen molar-refractivity contribution in [1.82, 2.24) is 29.5 Å². The summed E-state index contributed by atoms with van der Waals surface area (Å²) in [6.45, 7) is 2.31. The summed E-state index contributed by atoms with van der Waals surface area (Å²) < 4.78 is 51.3. The van der Waals surface area contributed by atoms with Crippen LogP contribution in [0.3, 0.4) is 0 Å². The van der Waals surface area contributed by atoms with Crippen LogP contribution in [0.1, 0.15) is 11.4 Å². The Morgan fingerprint density at radius 3 is 2.76 bits per heavy atom. The van der Waals surface area contributed by atoms with E-state index in [9.17, 15) is 13.2 Å². The lowest BCUT2D eigenvalue weighted by molar-refractivity contribution is -0.127. The van der Waals surface area contributed by atoms with Crippen molar-refractivity contribution in [2.75, 3.05) is 43.6 Å². The molecular formula is C20H21F3N8O2. The Morgan fingerprint density at radius 2 is 2.00 bits per heavy atom. The Bertz CT molecular complexity index is 1280. The first-order chi connectivity index (χ1) is 15.9. The number of H-pyrrole nitrogens is 1. The van der Waals surface area contributed by atoms with Gasteiger partial charge in [0.1, 0.15) is 17.1 Å². The minimum atomic E-state index is -4.38. The number of alkyl halides is 3. The van der Waals surface area contributed by atoms with Gasteiger partial charge < -0.3 is 24.7 Å². The van der Waals surface area contributed by atoms with Gasteiger partial charge in [-0.1, -0.05) is 6.07 Å². The summed E-state index contributed by atoms with van der Waals surface area (Å²) in [4.78, 5) is 18.6. The maximum atomic E-state index is 13.1. The van der Waals surface area contributed by atoms with E-state index in [1.54, 1.807) is 7.11 Å². The van der Waals surface area contributed by atoms with E-state index in [0.29, 0.717) is 49.3 Å². The highest BCUT2D eigenvalue weighted by molar-refractivity contribution is 5.81. The first kappa shape index (κ1) is 21.2. The minimum absolute atomic E-state index is 0.0177. The fraction of sp³-hybridized carbons (Fsp3) is 0.400.